The van der Waals surface area contributed by atoms with E-state index in [0.717, 1.165) is 11.1 Å². The van der Waals surface area contributed by atoms with Crippen molar-refractivity contribution in [1.82, 2.24) is 0 Å². The number of hydrogen-bond acceptors (Lipinski definition) is 4. The molecule has 0 spiro atoms. The molecule has 0 aliphatic carbocycles. The van der Waals surface area contributed by atoms with Gasteiger partial charge in [0.05, 0.1) is 34.7 Å². The molecule has 0 heterocycles. The van der Waals surface area contributed by atoms with Crippen molar-refractivity contribution in [2.45, 2.75) is 197 Å². The van der Waals surface area contributed by atoms with Crippen molar-refractivity contribution in [3.8, 4) is 0 Å². The van der Waals surface area contributed by atoms with Gasteiger partial charge in [-0.1, -0.05) is 558 Å². The lowest BCUT2D eigenvalue weighted by molar-refractivity contribution is 0.0585. The Morgan fingerprint density at radius 2 is 0.456 bits per heavy atom. The molecule has 0 radical (unpaired) electrons. The molecule has 14 heteroatoms. The van der Waals surface area contributed by atoms with Crippen LogP contribution >= 0.6 is 0 Å². The Morgan fingerprint density at radius 1 is 0.197 bits per heavy atom. The quantitative estimate of drug-likeness (QED) is 0.0283. The molecular weight excluding hydrogens is 1940 g/mol. The molecule has 4 nitrogen and oxygen atoms in total. The van der Waals surface area contributed by atoms with Crippen molar-refractivity contribution < 1.29 is 17.7 Å². The molecule has 0 amide bonds. The summed E-state index contributed by atoms with van der Waals surface area (Å²) in [6, 6.07) is 139. The second-order valence-corrected chi connectivity index (χ2v) is 86.7. The van der Waals surface area contributed by atoms with Gasteiger partial charge in [0.1, 0.15) is 27.3 Å². The Kier molecular flexibility index (Phi) is 42.2. The second-order valence-electron chi connectivity index (χ2n) is 44.1. The number of allylic oxidation sites excluding steroid dienone is 2. The Bertz CT molecular complexity index is 6210. The zero-order chi connectivity index (χ0) is 109. The first-order chi connectivity index (χ1) is 69.4. The summed E-state index contributed by atoms with van der Waals surface area (Å²) < 4.78 is 29.4. The third-order valence-electron chi connectivity index (χ3n) is 33.1. The normalized spacial score (nSPS) is 14.3. The fraction of sp³-hybridized carbons (Fsp3) is 0.233. The predicted molar refractivity (Wildman–Crippen MR) is 675 cm³/mol. The van der Waals surface area contributed by atoms with Crippen LogP contribution in [-0.2, 0) is 33.9 Å². The molecule has 5 atom stereocenters. The summed E-state index contributed by atoms with van der Waals surface area (Å²) in [5.74, 6) is 0. The minimum Gasteiger partial charge on any atom is -0.406 e. The van der Waals surface area contributed by atoms with Crippen LogP contribution in [0.15, 0.2) is 542 Å². The maximum absolute atomic E-state index is 7.78. The van der Waals surface area contributed by atoms with Crippen molar-refractivity contribution >= 4 is 123 Å². The first kappa shape index (κ1) is 121. The van der Waals surface area contributed by atoms with E-state index in [1.807, 2.05) is 23.5 Å². The number of rotatable bonds is 41. The van der Waals surface area contributed by atoms with E-state index in [1.54, 1.807) is 0 Å². The third-order valence-corrected chi connectivity index (χ3v) is 73.9. The Morgan fingerprint density at radius 3 is 0.707 bits per heavy atom. The molecule has 0 saturated carbocycles. The van der Waals surface area contributed by atoms with Gasteiger partial charge in [0.25, 0.3) is 8.32 Å². The summed E-state index contributed by atoms with van der Waals surface area (Å²) >= 11 is 0. The van der Waals surface area contributed by atoms with Crippen LogP contribution in [0.25, 0.3) is 0 Å². The summed E-state index contributed by atoms with van der Waals surface area (Å²) in [7, 11) is -21.6. The maximum atomic E-state index is 7.78. The topological polar surface area (TPSA) is 36.9 Å². The van der Waals surface area contributed by atoms with E-state index in [4.69, 9.17) is 17.7 Å². The maximum Gasteiger partial charge on any atom is 0.280 e. The van der Waals surface area contributed by atoms with Crippen molar-refractivity contribution in [1.29, 1.82) is 0 Å². The minimum atomic E-state index is -2.80. The number of hydrogen-bond donors (Lipinski definition) is 0. The van der Waals surface area contributed by atoms with Gasteiger partial charge >= 0.3 is 0 Å². The van der Waals surface area contributed by atoms with E-state index in [0.29, 0.717) is 0 Å². The van der Waals surface area contributed by atoms with Crippen LogP contribution in [0.1, 0.15) is 104 Å². The van der Waals surface area contributed by atoms with Gasteiger partial charge in [-0.25, -0.2) is 0 Å². The molecule has 766 valence electrons. The third kappa shape index (κ3) is 25.9. The van der Waals surface area contributed by atoms with Crippen LogP contribution in [0.4, 0.5) is 0 Å². The Labute approximate surface area is 900 Å². The van der Waals surface area contributed by atoms with Crippen molar-refractivity contribution in [2.24, 2.45) is 0 Å². The second kappa shape index (κ2) is 51.3. The van der Waals surface area contributed by atoms with Crippen LogP contribution < -0.4 is 41.5 Å². The molecular formula is C133H170O4Si10. The molecule has 0 saturated heterocycles. The highest BCUT2D eigenvalue weighted by atomic mass is 28.4. The first-order valence-electron chi connectivity index (χ1n) is 51.6. The largest absolute Gasteiger partial charge is 0.406 e. The SMILES string of the molecule is C=CC(C)(C)[Si](C)(C)C=C.C=CC(C)(c1ccccc1)[Si](C)(C)C=C.C=C[Si](C)(C)OC(c1ccccc1)(c1ccccc1)C(C)(C)[Si](C)(C)C=C.C=C[Si](C)(OC(C)(C)[Si](C)(C=C)c1ccccc1)c1ccccc1.C=C[Si](C)(OC(c1ccccc1)(c1ccccc1)C(C)(C)[Si](C)(C=C)c1ccccc1)c1ccccc1.C=C[Si](OC(C)(C)[Si](C=C)(c1ccccc1)c1ccccc1)(c1ccccc1)c1ccccc1. The van der Waals surface area contributed by atoms with Crippen LogP contribution in [-0.4, -0.2) is 92.2 Å². The Hall–Kier alpha value is -11.3. The van der Waals surface area contributed by atoms with E-state index in [2.05, 4.69) is 674 Å². The van der Waals surface area contributed by atoms with Crippen LogP contribution in [0.5, 0.6) is 0 Å². The van der Waals surface area contributed by atoms with E-state index in [1.165, 1.54) is 58.2 Å². The van der Waals surface area contributed by atoms with E-state index in [-0.39, 0.29) is 25.4 Å². The molecule has 0 bridgehead atoms. The van der Waals surface area contributed by atoms with E-state index < -0.39 is 98.1 Å². The van der Waals surface area contributed by atoms with Gasteiger partial charge < -0.3 is 17.7 Å². The standard InChI is InChI=1S/C34H38OSi2.C31H32OSi2.C24H34OSi2.C21H28OSi2.C14H20Si.C9H18Si/c1-7-36(5,31-25-17-11-18-26-31)33(3,4)34(29-21-13-9-14-22-29,30-23-15-10-16-24-30)35-37(6,8-2)32-27-19-12-20-28-32;1-5-33(27-19-11-7-12-20-27,28-21-13-8-14-22-28)31(3,4)32-34(6-2,29-23-15-9-16-24-29)30-25-17-10-18-26-30;1-9-26(5,6)23(3,4)24(25-27(7,8)10-2,21-17-13-11-14-18-21)22-19-15-12-16-20-22;1-7-23(5,19-15-11-9-12-16-19)21(3,4)22-24(6,8-2)20-17-13-10-14-18-20;1-6-14(3,15(4,5)7-2)13-11-9-8-10-12-13;1-7-9(3,4)10(5,6)8-2/h7-28H,1-2H2,3-6H3;5-26H,1-2H2,3-4H3;9-20H,1-2H2,3-8H3;7-18H,1-2H2,3-6H3;6-12H,1-2H2,3-5H3;7-8H,1-2H2,3-6H3. The fourth-order valence-electron chi connectivity index (χ4n) is 19.8. The Balaban J connectivity index is 0.000000224. The van der Waals surface area contributed by atoms with Gasteiger partial charge in [0, 0.05) is 15.1 Å². The average molecular weight is 2110 g/mol. The molecule has 147 heavy (non-hydrogen) atoms. The van der Waals surface area contributed by atoms with E-state index >= 15 is 0 Å². The van der Waals surface area contributed by atoms with Gasteiger partial charge in [0.2, 0.25) is 25.0 Å². The molecule has 13 aromatic carbocycles. The summed E-state index contributed by atoms with van der Waals surface area (Å²) in [5.41, 5.74) is 26.0. The fourth-order valence-corrected chi connectivity index (χ4v) is 46.6. The van der Waals surface area contributed by atoms with Gasteiger partial charge in [-0.2, -0.15) is 0 Å². The monoisotopic (exact) mass is 2110 g/mol. The molecule has 0 aliphatic rings. The smallest absolute Gasteiger partial charge is 0.280 e. The van der Waals surface area contributed by atoms with Gasteiger partial charge in [0.15, 0.2) is 8.07 Å². The lowest BCUT2D eigenvalue weighted by Gasteiger charge is -2.57. The zero-order valence-electron chi connectivity index (χ0n) is 93.1. The summed E-state index contributed by atoms with van der Waals surface area (Å²) in [6.07, 6.45) is 4.12. The molecule has 0 aliphatic heterocycles. The molecule has 0 fully saturated rings. The van der Waals surface area contributed by atoms with Crippen LogP contribution in [0.3, 0.4) is 0 Å². The molecule has 13 aromatic rings. The molecule has 13 rings (SSSR count). The van der Waals surface area contributed by atoms with Gasteiger partial charge in [-0.3, -0.25) is 0 Å². The van der Waals surface area contributed by atoms with Crippen LogP contribution in [0.2, 0.25) is 93.7 Å². The summed E-state index contributed by atoms with van der Waals surface area (Å²) in [4.78, 5) is 0. The summed E-state index contributed by atoms with van der Waals surface area (Å²) in [5, 5.41) is 9.14. The highest BCUT2D eigenvalue weighted by Crippen LogP contribution is 2.61. The van der Waals surface area contributed by atoms with Crippen molar-refractivity contribution in [3.63, 3.8) is 0 Å². The van der Waals surface area contributed by atoms with Gasteiger partial charge in [-0.15, -0.1) is 96.0 Å². The van der Waals surface area contributed by atoms with Crippen molar-refractivity contribution in [3.05, 3.63) is 570 Å². The lowest BCUT2D eigenvalue weighted by Crippen LogP contribution is -2.75. The molecule has 0 aromatic heterocycles. The highest BCUT2D eigenvalue weighted by molar-refractivity contribution is 7.09. The number of benzene rings is 13. The zero-order valence-corrected chi connectivity index (χ0v) is 103. The summed E-state index contributed by atoms with van der Waals surface area (Å²) in [6.45, 7) is 103. The highest BCUT2D eigenvalue weighted by Gasteiger charge is 2.62. The van der Waals surface area contributed by atoms with Crippen LogP contribution in [0, 0.1) is 0 Å². The minimum absolute atomic E-state index is 0.0655. The first-order valence-corrected chi connectivity index (χ1v) is 78.0. The lowest BCUT2D eigenvalue weighted by atomic mass is 9.77. The van der Waals surface area contributed by atoms with Gasteiger partial charge in [-0.05, 0) is 118 Å². The van der Waals surface area contributed by atoms with E-state index in [9.17, 15) is 0 Å². The molecule has 5 unspecified atom stereocenters. The molecule has 0 N–H and O–H groups in total. The predicted octanol–water partition coefficient (Wildman–Crippen LogP) is 31.3. The van der Waals surface area contributed by atoms with Crippen molar-refractivity contribution in [2.75, 3.05) is 0 Å². The average Bonchev–Trinajstić information content (AvgIpc) is 0.714.